The van der Waals surface area contributed by atoms with Crippen molar-refractivity contribution >= 4 is 27.7 Å². The van der Waals surface area contributed by atoms with Crippen LogP contribution in [0.2, 0.25) is 0 Å². The molecule has 66 valence electrons. The van der Waals surface area contributed by atoms with Gasteiger partial charge in [0.15, 0.2) is 0 Å². The molecule has 2 fully saturated rings. The molecular weight excluding hydrogens is 222 g/mol. The molecule has 2 amide bonds. The molecule has 1 atom stereocenters. The summed E-state index contributed by atoms with van der Waals surface area (Å²) < 4.78 is 0. The fraction of sp³-hybridized carbons (Fsp3) is 0.750. The van der Waals surface area contributed by atoms with E-state index in [2.05, 4.69) is 21.2 Å². The lowest BCUT2D eigenvalue weighted by Gasteiger charge is -2.44. The second kappa shape index (κ2) is 2.55. The first-order valence-corrected chi connectivity index (χ1v) is 5.09. The maximum absolute atomic E-state index is 11.3. The molecule has 0 bridgehead atoms. The van der Waals surface area contributed by atoms with Crippen LogP contribution >= 0.6 is 15.9 Å². The van der Waals surface area contributed by atoms with Crippen LogP contribution in [0.1, 0.15) is 25.7 Å². The maximum Gasteiger partial charge on any atom is 0.243 e. The summed E-state index contributed by atoms with van der Waals surface area (Å²) in [6, 6.07) is 0. The van der Waals surface area contributed by atoms with E-state index in [1.54, 1.807) is 0 Å². The van der Waals surface area contributed by atoms with Crippen LogP contribution in [0.3, 0.4) is 0 Å². The van der Waals surface area contributed by atoms with Gasteiger partial charge in [-0.25, -0.2) is 0 Å². The summed E-state index contributed by atoms with van der Waals surface area (Å²) in [6.07, 6.45) is 3.74. The van der Waals surface area contributed by atoms with Crippen LogP contribution in [-0.4, -0.2) is 16.6 Å². The molecule has 0 aromatic carbocycles. The summed E-state index contributed by atoms with van der Waals surface area (Å²) in [5.74, 6) is -0.178. The lowest BCUT2D eigenvalue weighted by molar-refractivity contribution is -0.159. The van der Waals surface area contributed by atoms with E-state index >= 15 is 0 Å². The lowest BCUT2D eigenvalue weighted by Crippen LogP contribution is -2.68. The van der Waals surface area contributed by atoms with E-state index in [9.17, 15) is 9.59 Å². The van der Waals surface area contributed by atoms with Crippen LogP contribution in [0.15, 0.2) is 0 Å². The summed E-state index contributed by atoms with van der Waals surface area (Å²) in [6.45, 7) is 0. The molecule has 0 aromatic heterocycles. The number of carbonyl (C=O) groups is 2. The normalized spacial score (nSPS) is 32.9. The Bertz CT molecular complexity index is 237. The van der Waals surface area contributed by atoms with Gasteiger partial charge in [0.1, 0.15) is 5.41 Å². The first kappa shape index (κ1) is 8.23. The Balaban J connectivity index is 2.27. The number of nitrogens with one attached hydrogen (secondary N) is 1. The third-order valence-corrected chi connectivity index (χ3v) is 4.09. The molecule has 0 radical (unpaired) electrons. The molecule has 2 rings (SSSR count). The van der Waals surface area contributed by atoms with Gasteiger partial charge in [0.2, 0.25) is 11.8 Å². The molecule has 12 heavy (non-hydrogen) atoms. The van der Waals surface area contributed by atoms with E-state index in [1.165, 1.54) is 0 Å². The minimum Gasteiger partial charge on any atom is -0.294 e. The minimum absolute atomic E-state index is 0.0556. The highest BCUT2D eigenvalue weighted by Gasteiger charge is 2.59. The number of carbonyl (C=O) groups excluding carboxylic acids is 2. The smallest absolute Gasteiger partial charge is 0.243 e. The van der Waals surface area contributed by atoms with E-state index < -0.39 is 5.41 Å². The molecule has 1 saturated heterocycles. The predicted molar refractivity (Wildman–Crippen MR) is 46.8 cm³/mol. The van der Waals surface area contributed by atoms with Crippen LogP contribution < -0.4 is 5.32 Å². The van der Waals surface area contributed by atoms with Crippen molar-refractivity contribution in [2.24, 2.45) is 5.41 Å². The van der Waals surface area contributed by atoms with E-state index in [1.807, 2.05) is 0 Å². The molecule has 4 heteroatoms. The van der Waals surface area contributed by atoms with Crippen molar-refractivity contribution in [3.05, 3.63) is 0 Å². The number of rotatable bonds is 0. The second-order valence-corrected chi connectivity index (χ2v) is 4.57. The average Bonchev–Trinajstić information content (AvgIpc) is 2.05. The monoisotopic (exact) mass is 231 g/mol. The van der Waals surface area contributed by atoms with Gasteiger partial charge in [-0.05, 0) is 12.8 Å². The highest BCUT2D eigenvalue weighted by molar-refractivity contribution is 9.09. The van der Waals surface area contributed by atoms with Crippen molar-refractivity contribution in [3.8, 4) is 0 Å². The minimum atomic E-state index is -0.696. The summed E-state index contributed by atoms with van der Waals surface area (Å²) in [7, 11) is 0. The Morgan fingerprint density at radius 2 is 2.00 bits per heavy atom. The fourth-order valence-corrected chi connectivity index (χ4v) is 2.98. The summed E-state index contributed by atoms with van der Waals surface area (Å²) in [5, 5.41) is 2.29. The van der Waals surface area contributed by atoms with Crippen LogP contribution in [0.4, 0.5) is 0 Å². The molecule has 1 N–H and O–H groups in total. The van der Waals surface area contributed by atoms with Crippen molar-refractivity contribution in [2.75, 3.05) is 0 Å². The molecule has 1 spiro atoms. The first-order valence-electron chi connectivity index (χ1n) is 4.18. The largest absolute Gasteiger partial charge is 0.294 e. The van der Waals surface area contributed by atoms with Crippen molar-refractivity contribution in [3.63, 3.8) is 0 Å². The van der Waals surface area contributed by atoms with Crippen LogP contribution in [0, 0.1) is 5.41 Å². The highest BCUT2D eigenvalue weighted by atomic mass is 79.9. The number of hydrogen-bond donors (Lipinski definition) is 1. The zero-order valence-electron chi connectivity index (χ0n) is 6.60. The zero-order chi connectivity index (χ0) is 8.77. The number of amides is 2. The topological polar surface area (TPSA) is 46.2 Å². The van der Waals surface area contributed by atoms with Gasteiger partial charge in [0.05, 0.1) is 0 Å². The van der Waals surface area contributed by atoms with Crippen molar-refractivity contribution in [2.45, 2.75) is 30.5 Å². The van der Waals surface area contributed by atoms with E-state index in [0.717, 1.165) is 19.3 Å². The van der Waals surface area contributed by atoms with Crippen LogP contribution in [-0.2, 0) is 9.59 Å². The Hall–Kier alpha value is -0.380. The molecule has 2 aliphatic rings. The number of alkyl halides is 1. The third kappa shape index (κ3) is 0.815. The maximum atomic E-state index is 11.3. The van der Waals surface area contributed by atoms with Gasteiger partial charge in [0, 0.05) is 4.83 Å². The average molecular weight is 232 g/mol. The van der Waals surface area contributed by atoms with E-state index in [-0.39, 0.29) is 16.6 Å². The highest BCUT2D eigenvalue weighted by Crippen LogP contribution is 2.45. The molecule has 0 aromatic rings. The first-order chi connectivity index (χ1) is 5.68. The Morgan fingerprint density at radius 3 is 2.42 bits per heavy atom. The van der Waals surface area contributed by atoms with Gasteiger partial charge < -0.3 is 0 Å². The van der Waals surface area contributed by atoms with E-state index in [0.29, 0.717) is 6.42 Å². The molecule has 3 nitrogen and oxygen atoms in total. The zero-order valence-corrected chi connectivity index (χ0v) is 8.19. The lowest BCUT2D eigenvalue weighted by atomic mass is 9.68. The summed E-state index contributed by atoms with van der Waals surface area (Å²) >= 11 is 3.42. The fourth-order valence-electron chi connectivity index (χ4n) is 2.01. The van der Waals surface area contributed by atoms with Gasteiger partial charge in [-0.3, -0.25) is 14.9 Å². The second-order valence-electron chi connectivity index (χ2n) is 3.47. The third-order valence-electron chi connectivity index (χ3n) is 2.85. The molecule has 1 unspecified atom stereocenters. The molecular formula is C8H10BrNO2. The summed E-state index contributed by atoms with van der Waals surface area (Å²) in [4.78, 5) is 22.6. The molecule has 1 saturated carbocycles. The Labute approximate surface area is 79.0 Å². The number of halogens is 1. The Morgan fingerprint density at radius 1 is 1.33 bits per heavy atom. The van der Waals surface area contributed by atoms with Crippen LogP contribution in [0.25, 0.3) is 0 Å². The quantitative estimate of drug-likeness (QED) is 0.384. The van der Waals surface area contributed by atoms with Crippen molar-refractivity contribution < 1.29 is 9.59 Å². The summed E-state index contributed by atoms with van der Waals surface area (Å²) in [5.41, 5.74) is -0.696. The molecule has 1 aliphatic carbocycles. The number of hydrogen-bond acceptors (Lipinski definition) is 2. The van der Waals surface area contributed by atoms with E-state index in [4.69, 9.17) is 0 Å². The van der Waals surface area contributed by atoms with Gasteiger partial charge in [0.25, 0.3) is 0 Å². The number of β-lactam (4-membered cyclic amide) rings is 2. The van der Waals surface area contributed by atoms with Crippen LogP contribution in [0.5, 0.6) is 0 Å². The van der Waals surface area contributed by atoms with Crippen molar-refractivity contribution in [1.29, 1.82) is 0 Å². The molecule has 1 aliphatic heterocycles. The van der Waals surface area contributed by atoms with Gasteiger partial charge in [-0.15, -0.1) is 0 Å². The van der Waals surface area contributed by atoms with Gasteiger partial charge >= 0.3 is 0 Å². The standard InChI is InChI=1S/C8H10BrNO2/c9-5-3-1-2-4-8(5)6(11)10-7(8)12/h5H,1-4H2,(H,10,11,12). The Kier molecular flexibility index (Phi) is 1.75. The predicted octanol–water partition coefficient (Wildman–Crippen LogP) is 0.967. The molecule has 1 heterocycles. The van der Waals surface area contributed by atoms with Crippen molar-refractivity contribution in [1.82, 2.24) is 5.32 Å². The number of imide groups is 1. The van der Waals surface area contributed by atoms with Gasteiger partial charge in [-0.1, -0.05) is 28.8 Å². The SMILES string of the molecule is O=C1NC(=O)C12CCCCC2Br. The van der Waals surface area contributed by atoms with Gasteiger partial charge in [-0.2, -0.15) is 0 Å².